The molecule has 0 aliphatic carbocycles. The third-order valence-corrected chi connectivity index (χ3v) is 4.95. The first-order valence-corrected chi connectivity index (χ1v) is 8.97. The Morgan fingerprint density at radius 2 is 1.71 bits per heavy atom. The molecule has 0 saturated carbocycles. The number of carbonyl (C=O) groups excluding carboxylic acids is 5. The summed E-state index contributed by atoms with van der Waals surface area (Å²) >= 11 is 0. The van der Waals surface area contributed by atoms with Crippen LogP contribution in [0, 0.1) is 5.92 Å². The molecule has 0 spiro atoms. The maximum Gasteiger partial charge on any atom is 0.324 e. The summed E-state index contributed by atoms with van der Waals surface area (Å²) in [5.74, 6) is -3.36. The first kappa shape index (κ1) is 19.7. The number of imide groups is 2. The molecule has 1 aromatic rings. The van der Waals surface area contributed by atoms with Crippen molar-refractivity contribution >= 4 is 29.6 Å². The lowest BCUT2D eigenvalue weighted by molar-refractivity contribution is -0.164. The molecule has 2 aliphatic heterocycles. The average Bonchev–Trinajstić information content (AvgIpc) is 2.92. The molecule has 0 radical (unpaired) electrons. The predicted molar refractivity (Wildman–Crippen MR) is 95.6 cm³/mol. The van der Waals surface area contributed by atoms with Gasteiger partial charge >= 0.3 is 5.97 Å². The van der Waals surface area contributed by atoms with Crippen LogP contribution in [-0.4, -0.2) is 58.2 Å². The fraction of sp³-hybridized carbons (Fsp3) is 0.421. The van der Waals surface area contributed by atoms with Gasteiger partial charge in [0.25, 0.3) is 17.7 Å². The molecular weight excluding hydrogens is 366 g/mol. The van der Waals surface area contributed by atoms with Crippen molar-refractivity contribution < 1.29 is 28.7 Å². The monoisotopic (exact) mass is 387 g/mol. The van der Waals surface area contributed by atoms with Gasteiger partial charge in [0.2, 0.25) is 5.91 Å². The van der Waals surface area contributed by atoms with Crippen LogP contribution in [0.1, 0.15) is 47.4 Å². The minimum Gasteiger partial charge on any atom is -0.443 e. The molecule has 0 bridgehead atoms. The molecule has 2 aliphatic rings. The van der Waals surface area contributed by atoms with E-state index < -0.39 is 48.4 Å². The third kappa shape index (κ3) is 3.29. The molecule has 9 heteroatoms. The number of hydrogen-bond acceptors (Lipinski definition) is 7. The van der Waals surface area contributed by atoms with Crippen LogP contribution in [-0.2, 0) is 19.1 Å². The number of nitrogens with zero attached hydrogens (tertiary/aromatic N) is 2. The number of carbonyl (C=O) groups is 5. The highest BCUT2D eigenvalue weighted by Crippen LogP contribution is 2.29. The Kier molecular flexibility index (Phi) is 5.28. The molecule has 0 aromatic heterocycles. The molecule has 148 valence electrons. The van der Waals surface area contributed by atoms with Crippen LogP contribution < -0.4 is 5.73 Å². The molecule has 3 rings (SSSR count). The summed E-state index contributed by atoms with van der Waals surface area (Å²) in [4.78, 5) is 63.8. The Hall–Kier alpha value is -3.07. The van der Waals surface area contributed by atoms with E-state index in [0.717, 1.165) is 9.80 Å². The molecule has 2 N–H and O–H groups in total. The molecular formula is C19H21N3O6. The van der Waals surface area contributed by atoms with Gasteiger partial charge in [-0.1, -0.05) is 26.0 Å². The number of ether oxygens (including phenoxy) is 1. The Bertz CT molecular complexity index is 830. The highest BCUT2D eigenvalue weighted by Gasteiger charge is 2.47. The van der Waals surface area contributed by atoms with Gasteiger partial charge in [0.05, 0.1) is 11.1 Å². The van der Waals surface area contributed by atoms with E-state index in [4.69, 9.17) is 10.5 Å². The minimum atomic E-state index is -1.12. The molecule has 4 amide bonds. The fourth-order valence-electron chi connectivity index (χ4n) is 3.18. The number of amides is 4. The van der Waals surface area contributed by atoms with Gasteiger partial charge in [-0.3, -0.25) is 28.9 Å². The van der Waals surface area contributed by atoms with Gasteiger partial charge in [0, 0.05) is 6.42 Å². The van der Waals surface area contributed by atoms with Gasteiger partial charge in [-0.2, -0.15) is 0 Å². The van der Waals surface area contributed by atoms with Crippen LogP contribution in [0.25, 0.3) is 0 Å². The van der Waals surface area contributed by atoms with Gasteiger partial charge < -0.3 is 10.5 Å². The summed E-state index contributed by atoms with van der Waals surface area (Å²) in [6, 6.07) is 4.28. The summed E-state index contributed by atoms with van der Waals surface area (Å²) in [5, 5.41) is 0. The Morgan fingerprint density at radius 1 is 1.14 bits per heavy atom. The van der Waals surface area contributed by atoms with Crippen molar-refractivity contribution in [3.8, 4) is 0 Å². The lowest BCUT2D eigenvalue weighted by atomic mass is 10.0. The second-order valence-corrected chi connectivity index (χ2v) is 7.10. The van der Waals surface area contributed by atoms with Crippen molar-refractivity contribution in [1.82, 2.24) is 9.80 Å². The largest absolute Gasteiger partial charge is 0.443 e. The highest BCUT2D eigenvalue weighted by atomic mass is 16.5. The van der Waals surface area contributed by atoms with Gasteiger partial charge in [0.15, 0.2) is 6.73 Å². The number of esters is 1. The first-order valence-electron chi connectivity index (χ1n) is 8.97. The highest BCUT2D eigenvalue weighted by molar-refractivity contribution is 6.23. The standard InChI is InChI=1S/C19H21N3O6/c1-10(2)15(20)19(27)28-9-21-14(23)8-7-13(18(21)26)22-16(24)11-5-3-4-6-12(11)17(22)25/h3-6,10,13,15H,7-9,20H2,1-2H3. The topological polar surface area (TPSA) is 127 Å². The molecule has 28 heavy (non-hydrogen) atoms. The average molecular weight is 387 g/mol. The number of piperidine rings is 1. The summed E-state index contributed by atoms with van der Waals surface area (Å²) in [6.07, 6.45) is -0.0311. The van der Waals surface area contributed by atoms with E-state index >= 15 is 0 Å². The fourth-order valence-corrected chi connectivity index (χ4v) is 3.18. The summed E-state index contributed by atoms with van der Waals surface area (Å²) < 4.78 is 5.00. The molecule has 1 aromatic carbocycles. The van der Waals surface area contributed by atoms with Crippen LogP contribution >= 0.6 is 0 Å². The van der Waals surface area contributed by atoms with E-state index in [0.29, 0.717) is 0 Å². The Morgan fingerprint density at radius 3 is 2.25 bits per heavy atom. The number of benzene rings is 1. The number of rotatable bonds is 5. The minimum absolute atomic E-state index is 0.0269. The number of fused-ring (bicyclic) bond motifs is 1. The van der Waals surface area contributed by atoms with Crippen molar-refractivity contribution in [3.63, 3.8) is 0 Å². The molecule has 2 atom stereocenters. The summed E-state index contributed by atoms with van der Waals surface area (Å²) in [6.45, 7) is 2.87. The van der Waals surface area contributed by atoms with Crippen LogP contribution in [0.15, 0.2) is 24.3 Å². The predicted octanol–water partition coefficient (Wildman–Crippen LogP) is 0.284. The van der Waals surface area contributed by atoms with E-state index in [1.165, 1.54) is 12.1 Å². The maximum atomic E-state index is 12.8. The van der Waals surface area contributed by atoms with Gasteiger partial charge in [-0.15, -0.1) is 0 Å². The van der Waals surface area contributed by atoms with Gasteiger partial charge in [-0.25, -0.2) is 4.90 Å². The lowest BCUT2D eigenvalue weighted by Gasteiger charge is -2.34. The van der Waals surface area contributed by atoms with Crippen LogP contribution in [0.3, 0.4) is 0 Å². The maximum absolute atomic E-state index is 12.8. The van der Waals surface area contributed by atoms with Crippen LogP contribution in [0.5, 0.6) is 0 Å². The van der Waals surface area contributed by atoms with Gasteiger partial charge in [0.1, 0.15) is 12.1 Å². The van der Waals surface area contributed by atoms with E-state index in [2.05, 4.69) is 0 Å². The molecule has 1 fully saturated rings. The molecule has 1 saturated heterocycles. The zero-order valence-electron chi connectivity index (χ0n) is 15.6. The summed E-state index contributed by atoms with van der Waals surface area (Å²) in [7, 11) is 0. The zero-order valence-corrected chi connectivity index (χ0v) is 15.6. The second kappa shape index (κ2) is 7.51. The van der Waals surface area contributed by atoms with Crippen LogP contribution in [0.4, 0.5) is 0 Å². The number of nitrogens with two attached hydrogens (primary N) is 1. The van der Waals surface area contributed by atoms with E-state index in [1.807, 2.05) is 0 Å². The normalized spacial score (nSPS) is 20.6. The van der Waals surface area contributed by atoms with Gasteiger partial charge in [-0.05, 0) is 24.5 Å². The number of likely N-dealkylation sites (tertiary alicyclic amines) is 1. The van der Waals surface area contributed by atoms with E-state index in [9.17, 15) is 24.0 Å². The zero-order chi connectivity index (χ0) is 20.6. The molecule has 2 heterocycles. The summed E-state index contributed by atoms with van der Waals surface area (Å²) in [5.41, 5.74) is 6.14. The smallest absolute Gasteiger partial charge is 0.324 e. The van der Waals surface area contributed by atoms with Crippen molar-refractivity contribution in [2.75, 3.05) is 6.73 Å². The van der Waals surface area contributed by atoms with Crippen molar-refractivity contribution in [1.29, 1.82) is 0 Å². The SMILES string of the molecule is CC(C)C(N)C(=O)OCN1C(=O)CCC(N2C(=O)c3ccccc3C2=O)C1=O. The van der Waals surface area contributed by atoms with Crippen molar-refractivity contribution in [2.45, 2.75) is 38.8 Å². The Balaban J connectivity index is 1.76. The first-order chi connectivity index (χ1) is 13.2. The molecule has 9 nitrogen and oxygen atoms in total. The van der Waals surface area contributed by atoms with E-state index in [-0.39, 0.29) is 29.9 Å². The Labute approximate surface area is 161 Å². The van der Waals surface area contributed by atoms with E-state index in [1.54, 1.807) is 26.0 Å². The number of hydrogen-bond donors (Lipinski definition) is 1. The van der Waals surface area contributed by atoms with Crippen molar-refractivity contribution in [3.05, 3.63) is 35.4 Å². The molecule has 2 unspecified atom stereocenters. The van der Waals surface area contributed by atoms with Crippen LogP contribution in [0.2, 0.25) is 0 Å². The van der Waals surface area contributed by atoms with Crippen molar-refractivity contribution in [2.24, 2.45) is 11.7 Å². The third-order valence-electron chi connectivity index (χ3n) is 4.95. The lowest BCUT2D eigenvalue weighted by Crippen LogP contribution is -2.56. The second-order valence-electron chi connectivity index (χ2n) is 7.10. The quantitative estimate of drug-likeness (QED) is 0.568.